The average Bonchev–Trinajstić information content (AvgIpc) is 2.74. The van der Waals surface area contributed by atoms with Crippen molar-refractivity contribution in [3.8, 4) is 0 Å². The summed E-state index contributed by atoms with van der Waals surface area (Å²) in [5, 5.41) is 0. The average molecular weight is 370 g/mol. The van der Waals surface area contributed by atoms with Gasteiger partial charge >= 0.3 is 0 Å². The minimum absolute atomic E-state index is 0.206. The molecule has 0 spiro atoms. The minimum atomic E-state index is 0.206. The Morgan fingerprint density at radius 1 is 1.04 bits per heavy atom. The van der Waals surface area contributed by atoms with Crippen LogP contribution in [-0.2, 0) is 17.8 Å². The molecule has 0 aromatic heterocycles. The van der Waals surface area contributed by atoms with E-state index in [4.69, 9.17) is 0 Å². The molecule has 148 valence electrons. The number of carbonyl (C=O) groups is 1. The number of rotatable bonds is 4. The van der Waals surface area contributed by atoms with E-state index >= 15 is 0 Å². The Bertz CT molecular complexity index is 638. The van der Waals surface area contributed by atoms with Crippen molar-refractivity contribution in [1.82, 2.24) is 14.7 Å². The quantitative estimate of drug-likeness (QED) is 0.816. The van der Waals surface area contributed by atoms with E-state index in [9.17, 15) is 4.79 Å². The predicted octanol–water partition coefficient (Wildman–Crippen LogP) is 3.16. The SMILES string of the molecule is CCCN1CCC(N2CCCC(C(=O)N3CCc4ccccc4C3)C2)CC1. The third-order valence-electron chi connectivity index (χ3n) is 6.86. The van der Waals surface area contributed by atoms with Gasteiger partial charge in [0, 0.05) is 25.7 Å². The molecule has 1 aromatic rings. The molecule has 1 atom stereocenters. The predicted molar refractivity (Wildman–Crippen MR) is 110 cm³/mol. The summed E-state index contributed by atoms with van der Waals surface area (Å²) in [5.41, 5.74) is 2.76. The van der Waals surface area contributed by atoms with Gasteiger partial charge in [-0.15, -0.1) is 0 Å². The van der Waals surface area contributed by atoms with E-state index in [2.05, 4.69) is 45.9 Å². The Hall–Kier alpha value is -1.39. The van der Waals surface area contributed by atoms with Crippen LogP contribution in [0.15, 0.2) is 24.3 Å². The highest BCUT2D eigenvalue weighted by Crippen LogP contribution is 2.27. The highest BCUT2D eigenvalue weighted by molar-refractivity contribution is 5.79. The second kappa shape index (κ2) is 8.74. The van der Waals surface area contributed by atoms with Crippen LogP contribution in [0, 0.1) is 5.92 Å². The molecule has 3 heterocycles. The molecule has 4 rings (SSSR count). The van der Waals surface area contributed by atoms with Gasteiger partial charge < -0.3 is 9.80 Å². The normalized spacial score (nSPS) is 25.4. The molecule has 3 aliphatic heterocycles. The van der Waals surface area contributed by atoms with Gasteiger partial charge in [-0.2, -0.15) is 0 Å². The molecular weight excluding hydrogens is 334 g/mol. The van der Waals surface area contributed by atoms with Crippen LogP contribution in [0.25, 0.3) is 0 Å². The summed E-state index contributed by atoms with van der Waals surface area (Å²) in [5.74, 6) is 0.607. The molecule has 1 aromatic carbocycles. The van der Waals surface area contributed by atoms with Gasteiger partial charge in [0.2, 0.25) is 5.91 Å². The lowest BCUT2D eigenvalue weighted by atomic mass is 9.91. The van der Waals surface area contributed by atoms with Gasteiger partial charge in [-0.05, 0) is 75.8 Å². The number of nitrogens with zero attached hydrogens (tertiary/aromatic N) is 3. The van der Waals surface area contributed by atoms with Crippen LogP contribution in [0.2, 0.25) is 0 Å². The number of hydrogen-bond donors (Lipinski definition) is 0. The number of fused-ring (bicyclic) bond motifs is 1. The molecule has 3 aliphatic rings. The molecule has 2 saturated heterocycles. The fourth-order valence-electron chi connectivity index (χ4n) is 5.31. The van der Waals surface area contributed by atoms with Crippen LogP contribution in [0.4, 0.5) is 0 Å². The van der Waals surface area contributed by atoms with Gasteiger partial charge in [0.25, 0.3) is 0 Å². The summed E-state index contributed by atoms with van der Waals surface area (Å²) < 4.78 is 0. The molecule has 0 bridgehead atoms. The smallest absolute Gasteiger partial charge is 0.227 e. The lowest BCUT2D eigenvalue weighted by molar-refractivity contribution is -0.138. The van der Waals surface area contributed by atoms with Gasteiger partial charge in [-0.25, -0.2) is 0 Å². The monoisotopic (exact) mass is 369 g/mol. The summed E-state index contributed by atoms with van der Waals surface area (Å²) >= 11 is 0. The number of carbonyl (C=O) groups excluding carboxylic acids is 1. The zero-order valence-electron chi connectivity index (χ0n) is 16.9. The molecule has 1 amide bonds. The van der Waals surface area contributed by atoms with Gasteiger partial charge in [0.15, 0.2) is 0 Å². The first-order valence-corrected chi connectivity index (χ1v) is 11.1. The maximum absolute atomic E-state index is 13.2. The highest BCUT2D eigenvalue weighted by Gasteiger charge is 2.34. The Labute approximate surface area is 164 Å². The first-order chi connectivity index (χ1) is 13.2. The van der Waals surface area contributed by atoms with E-state index < -0.39 is 0 Å². The Morgan fingerprint density at radius 3 is 2.59 bits per heavy atom. The van der Waals surface area contributed by atoms with Crippen molar-refractivity contribution in [2.75, 3.05) is 39.3 Å². The summed E-state index contributed by atoms with van der Waals surface area (Å²) in [4.78, 5) is 20.6. The Morgan fingerprint density at radius 2 is 1.81 bits per heavy atom. The van der Waals surface area contributed by atoms with E-state index in [-0.39, 0.29) is 5.92 Å². The van der Waals surface area contributed by atoms with Crippen LogP contribution < -0.4 is 0 Å². The van der Waals surface area contributed by atoms with E-state index in [1.807, 2.05) is 0 Å². The maximum Gasteiger partial charge on any atom is 0.227 e. The maximum atomic E-state index is 13.2. The van der Waals surface area contributed by atoms with E-state index in [0.29, 0.717) is 11.9 Å². The minimum Gasteiger partial charge on any atom is -0.338 e. The molecule has 2 fully saturated rings. The van der Waals surface area contributed by atoms with Crippen LogP contribution >= 0.6 is 0 Å². The van der Waals surface area contributed by atoms with Crippen molar-refractivity contribution in [2.24, 2.45) is 5.92 Å². The molecule has 0 radical (unpaired) electrons. The number of amides is 1. The van der Waals surface area contributed by atoms with Crippen LogP contribution in [0.3, 0.4) is 0 Å². The van der Waals surface area contributed by atoms with Crippen molar-refractivity contribution in [1.29, 1.82) is 0 Å². The first kappa shape index (κ1) is 18.9. The summed E-state index contributed by atoms with van der Waals surface area (Å²) in [6.45, 7) is 9.84. The molecule has 0 aliphatic carbocycles. The molecule has 1 unspecified atom stereocenters. The third-order valence-corrected chi connectivity index (χ3v) is 6.86. The van der Waals surface area contributed by atoms with Gasteiger partial charge in [0.05, 0.1) is 5.92 Å². The van der Waals surface area contributed by atoms with Crippen LogP contribution in [0.5, 0.6) is 0 Å². The van der Waals surface area contributed by atoms with Crippen molar-refractivity contribution < 1.29 is 4.79 Å². The molecule has 4 heteroatoms. The zero-order chi connectivity index (χ0) is 18.6. The second-order valence-corrected chi connectivity index (χ2v) is 8.69. The molecule has 0 saturated carbocycles. The largest absolute Gasteiger partial charge is 0.338 e. The Balaban J connectivity index is 1.33. The Kier molecular flexibility index (Phi) is 6.14. The van der Waals surface area contributed by atoms with Crippen molar-refractivity contribution in [3.05, 3.63) is 35.4 Å². The fraction of sp³-hybridized carbons (Fsp3) is 0.696. The molecule has 27 heavy (non-hydrogen) atoms. The number of piperidine rings is 2. The van der Waals surface area contributed by atoms with Gasteiger partial charge in [-0.1, -0.05) is 31.2 Å². The molecular formula is C23H35N3O. The summed E-state index contributed by atoms with van der Waals surface area (Å²) in [7, 11) is 0. The van der Waals surface area contributed by atoms with E-state index in [0.717, 1.165) is 32.5 Å². The van der Waals surface area contributed by atoms with E-state index in [1.54, 1.807) is 0 Å². The fourth-order valence-corrected chi connectivity index (χ4v) is 5.31. The number of hydrogen-bond acceptors (Lipinski definition) is 3. The van der Waals surface area contributed by atoms with Crippen molar-refractivity contribution >= 4 is 5.91 Å². The van der Waals surface area contributed by atoms with Crippen molar-refractivity contribution in [3.63, 3.8) is 0 Å². The second-order valence-electron chi connectivity index (χ2n) is 8.69. The summed E-state index contributed by atoms with van der Waals surface area (Å²) in [6, 6.07) is 9.30. The molecule has 4 nitrogen and oxygen atoms in total. The van der Waals surface area contributed by atoms with Crippen molar-refractivity contribution in [2.45, 2.75) is 58.0 Å². The van der Waals surface area contributed by atoms with E-state index in [1.165, 1.54) is 63.0 Å². The topological polar surface area (TPSA) is 26.8 Å². The third kappa shape index (κ3) is 4.38. The highest BCUT2D eigenvalue weighted by atomic mass is 16.2. The van der Waals surface area contributed by atoms with Crippen LogP contribution in [0.1, 0.15) is 50.2 Å². The number of benzene rings is 1. The van der Waals surface area contributed by atoms with Gasteiger partial charge in [-0.3, -0.25) is 9.69 Å². The van der Waals surface area contributed by atoms with Crippen LogP contribution in [-0.4, -0.2) is 65.9 Å². The zero-order valence-corrected chi connectivity index (χ0v) is 16.9. The standard InChI is InChI=1S/C23H35N3O/c1-2-12-24-14-10-22(11-15-24)25-13-5-8-21(18-25)23(27)26-16-9-19-6-3-4-7-20(19)17-26/h3-4,6-7,21-22H,2,5,8-18H2,1H3. The van der Waals surface area contributed by atoms with Gasteiger partial charge in [0.1, 0.15) is 0 Å². The lowest BCUT2D eigenvalue weighted by Crippen LogP contribution is -2.51. The summed E-state index contributed by atoms with van der Waals surface area (Å²) in [6.07, 6.45) is 7.06. The lowest BCUT2D eigenvalue weighted by Gasteiger charge is -2.43. The number of likely N-dealkylation sites (tertiary alicyclic amines) is 2. The molecule has 0 N–H and O–H groups in total. The first-order valence-electron chi connectivity index (χ1n) is 11.1.